The number of halogens is 1. The van der Waals surface area contributed by atoms with Gasteiger partial charge < -0.3 is 20.5 Å². The van der Waals surface area contributed by atoms with E-state index in [4.69, 9.17) is 15.2 Å². The summed E-state index contributed by atoms with van der Waals surface area (Å²) in [6, 6.07) is 3.60. The molecular formula is C18H29ClN2O3. The monoisotopic (exact) mass is 356 g/mol. The van der Waals surface area contributed by atoms with Crippen molar-refractivity contribution < 1.29 is 14.3 Å². The number of aryl methyl sites for hydroxylation is 1. The quantitative estimate of drug-likeness (QED) is 0.821. The van der Waals surface area contributed by atoms with E-state index in [1.807, 2.05) is 13.0 Å². The number of methoxy groups -OCH3 is 2. The molecule has 6 heteroatoms. The number of rotatable bonds is 6. The molecule has 1 unspecified atom stereocenters. The lowest BCUT2D eigenvalue weighted by molar-refractivity contribution is 0.0914. The summed E-state index contributed by atoms with van der Waals surface area (Å²) in [5, 5.41) is 3.12. The van der Waals surface area contributed by atoms with Crippen molar-refractivity contribution in [1.29, 1.82) is 0 Å². The molecule has 2 rings (SSSR count). The fourth-order valence-electron chi connectivity index (χ4n) is 3.38. The number of ether oxygens (including phenoxy) is 2. The fraction of sp³-hybridized carbons (Fsp3) is 0.611. The van der Waals surface area contributed by atoms with E-state index in [1.54, 1.807) is 20.3 Å². The maximum Gasteiger partial charge on any atom is 0.251 e. The molecule has 0 heterocycles. The number of hydrogen-bond donors (Lipinski definition) is 2. The summed E-state index contributed by atoms with van der Waals surface area (Å²) in [6.07, 6.45) is 6.04. The van der Waals surface area contributed by atoms with Gasteiger partial charge in [-0.3, -0.25) is 4.79 Å². The van der Waals surface area contributed by atoms with E-state index in [0.29, 0.717) is 29.5 Å². The summed E-state index contributed by atoms with van der Waals surface area (Å²) in [6.45, 7) is 2.37. The Morgan fingerprint density at radius 2 is 1.79 bits per heavy atom. The second-order valence-corrected chi connectivity index (χ2v) is 6.24. The molecule has 24 heavy (non-hydrogen) atoms. The highest BCUT2D eigenvalue weighted by atomic mass is 35.5. The van der Waals surface area contributed by atoms with Crippen LogP contribution in [0, 0.1) is 12.8 Å². The van der Waals surface area contributed by atoms with Crippen LogP contribution in [0.3, 0.4) is 0 Å². The predicted molar refractivity (Wildman–Crippen MR) is 98.4 cm³/mol. The molecule has 0 spiro atoms. The van der Waals surface area contributed by atoms with Crippen LogP contribution in [0.5, 0.6) is 11.5 Å². The first-order valence-corrected chi connectivity index (χ1v) is 8.34. The highest BCUT2D eigenvalue weighted by molar-refractivity contribution is 5.96. The third-order valence-electron chi connectivity index (χ3n) is 4.76. The average Bonchev–Trinajstić information content (AvgIpc) is 2.59. The Kier molecular flexibility index (Phi) is 8.36. The van der Waals surface area contributed by atoms with Gasteiger partial charge in [-0.25, -0.2) is 0 Å². The van der Waals surface area contributed by atoms with Crippen molar-refractivity contribution in [2.75, 3.05) is 20.8 Å². The molecule has 0 aromatic heterocycles. The average molecular weight is 357 g/mol. The SMILES string of the molecule is COc1cc(C)c(C(=O)NC(CN)C2CCCCC2)cc1OC.Cl. The van der Waals surface area contributed by atoms with Crippen LogP contribution in [-0.2, 0) is 0 Å². The molecule has 3 N–H and O–H groups in total. The van der Waals surface area contributed by atoms with Gasteiger partial charge in [0.05, 0.1) is 14.2 Å². The van der Waals surface area contributed by atoms with Crippen LogP contribution in [0.4, 0.5) is 0 Å². The number of nitrogens with two attached hydrogens (primary N) is 1. The van der Waals surface area contributed by atoms with E-state index in [1.165, 1.54) is 19.3 Å². The maximum absolute atomic E-state index is 12.7. The van der Waals surface area contributed by atoms with E-state index in [0.717, 1.165) is 18.4 Å². The smallest absolute Gasteiger partial charge is 0.251 e. The van der Waals surface area contributed by atoms with Crippen LogP contribution < -0.4 is 20.5 Å². The molecular weight excluding hydrogens is 328 g/mol. The van der Waals surface area contributed by atoms with Crippen molar-refractivity contribution in [3.8, 4) is 11.5 Å². The topological polar surface area (TPSA) is 73.6 Å². The first-order chi connectivity index (χ1) is 11.1. The van der Waals surface area contributed by atoms with Gasteiger partial charge in [-0.1, -0.05) is 19.3 Å². The van der Waals surface area contributed by atoms with Gasteiger partial charge >= 0.3 is 0 Å². The van der Waals surface area contributed by atoms with E-state index < -0.39 is 0 Å². The lowest BCUT2D eigenvalue weighted by Crippen LogP contribution is -2.46. The van der Waals surface area contributed by atoms with Gasteiger partial charge in [0.1, 0.15) is 0 Å². The van der Waals surface area contributed by atoms with Crippen LogP contribution in [0.1, 0.15) is 48.0 Å². The van der Waals surface area contributed by atoms with Crippen molar-refractivity contribution in [2.24, 2.45) is 11.7 Å². The van der Waals surface area contributed by atoms with Crippen LogP contribution >= 0.6 is 12.4 Å². The summed E-state index contributed by atoms with van der Waals surface area (Å²) in [5.41, 5.74) is 7.38. The van der Waals surface area contributed by atoms with Crippen LogP contribution in [0.2, 0.25) is 0 Å². The highest BCUT2D eigenvalue weighted by Gasteiger charge is 2.25. The van der Waals surface area contributed by atoms with Gasteiger partial charge in [0.2, 0.25) is 0 Å². The van der Waals surface area contributed by atoms with E-state index in [9.17, 15) is 4.79 Å². The van der Waals surface area contributed by atoms with Gasteiger partial charge in [-0.15, -0.1) is 12.4 Å². The van der Waals surface area contributed by atoms with Gasteiger partial charge in [-0.2, -0.15) is 0 Å². The minimum absolute atomic E-state index is 0. The minimum atomic E-state index is -0.0931. The Morgan fingerprint density at radius 3 is 2.33 bits per heavy atom. The Hall–Kier alpha value is -1.46. The summed E-state index contributed by atoms with van der Waals surface area (Å²) >= 11 is 0. The minimum Gasteiger partial charge on any atom is -0.493 e. The van der Waals surface area contributed by atoms with E-state index >= 15 is 0 Å². The van der Waals surface area contributed by atoms with Gasteiger partial charge in [-0.05, 0) is 43.4 Å². The second kappa shape index (κ2) is 9.74. The zero-order valence-corrected chi connectivity index (χ0v) is 15.6. The molecule has 1 fully saturated rings. The fourth-order valence-corrected chi connectivity index (χ4v) is 3.38. The maximum atomic E-state index is 12.7. The Bertz CT molecular complexity index is 545. The molecule has 1 saturated carbocycles. The molecule has 0 bridgehead atoms. The normalized spacial score (nSPS) is 16.0. The Morgan fingerprint density at radius 1 is 1.21 bits per heavy atom. The number of amides is 1. The van der Waals surface area contributed by atoms with Crippen LogP contribution in [0.15, 0.2) is 12.1 Å². The van der Waals surface area contributed by atoms with E-state index in [-0.39, 0.29) is 24.4 Å². The largest absolute Gasteiger partial charge is 0.493 e. The molecule has 0 radical (unpaired) electrons. The number of carbonyl (C=O) groups excluding carboxylic acids is 1. The predicted octanol–water partition coefficient (Wildman–Crippen LogP) is 3.07. The van der Waals surface area contributed by atoms with Crippen molar-refractivity contribution in [3.05, 3.63) is 23.3 Å². The van der Waals surface area contributed by atoms with Gasteiger partial charge in [0.15, 0.2) is 11.5 Å². The Balaban J connectivity index is 0.00000288. The molecule has 1 amide bonds. The first-order valence-electron chi connectivity index (χ1n) is 8.34. The van der Waals surface area contributed by atoms with Crippen molar-refractivity contribution >= 4 is 18.3 Å². The lowest BCUT2D eigenvalue weighted by atomic mass is 9.83. The van der Waals surface area contributed by atoms with Crippen LogP contribution in [0.25, 0.3) is 0 Å². The number of benzene rings is 1. The van der Waals surface area contributed by atoms with Crippen molar-refractivity contribution in [1.82, 2.24) is 5.32 Å². The molecule has 0 saturated heterocycles. The first kappa shape index (κ1) is 20.6. The van der Waals surface area contributed by atoms with E-state index in [2.05, 4.69) is 5.32 Å². The third kappa shape index (κ3) is 4.77. The molecule has 1 aromatic rings. The molecule has 1 aliphatic carbocycles. The van der Waals surface area contributed by atoms with Gasteiger partial charge in [0, 0.05) is 18.2 Å². The second-order valence-electron chi connectivity index (χ2n) is 6.24. The molecule has 136 valence electrons. The number of carbonyl (C=O) groups is 1. The number of nitrogens with one attached hydrogen (secondary N) is 1. The molecule has 0 aliphatic heterocycles. The summed E-state index contributed by atoms with van der Waals surface area (Å²) in [7, 11) is 3.16. The van der Waals surface area contributed by atoms with Crippen LogP contribution in [-0.4, -0.2) is 32.7 Å². The standard InChI is InChI=1S/C18H28N2O3.ClH/c1-12-9-16(22-2)17(23-3)10-14(12)18(21)20-15(11-19)13-7-5-4-6-8-13;/h9-10,13,15H,4-8,11,19H2,1-3H3,(H,20,21);1H. The highest BCUT2D eigenvalue weighted by Crippen LogP contribution is 2.31. The van der Waals surface area contributed by atoms with Crippen molar-refractivity contribution in [2.45, 2.75) is 45.1 Å². The zero-order valence-electron chi connectivity index (χ0n) is 14.8. The molecule has 5 nitrogen and oxygen atoms in total. The lowest BCUT2D eigenvalue weighted by Gasteiger charge is -2.30. The summed E-state index contributed by atoms with van der Waals surface area (Å²) in [5.74, 6) is 1.58. The third-order valence-corrected chi connectivity index (χ3v) is 4.76. The summed E-state index contributed by atoms with van der Waals surface area (Å²) in [4.78, 5) is 12.7. The molecule has 1 atom stereocenters. The molecule has 1 aromatic carbocycles. The number of hydrogen-bond acceptors (Lipinski definition) is 4. The zero-order chi connectivity index (χ0) is 16.8. The Labute approximate surface area is 150 Å². The molecule has 1 aliphatic rings. The van der Waals surface area contributed by atoms with Gasteiger partial charge in [0.25, 0.3) is 5.91 Å². The van der Waals surface area contributed by atoms with Crippen molar-refractivity contribution in [3.63, 3.8) is 0 Å². The summed E-state index contributed by atoms with van der Waals surface area (Å²) < 4.78 is 10.6.